The zero-order chi connectivity index (χ0) is 17.9. The van der Waals surface area contributed by atoms with Crippen LogP contribution in [0.3, 0.4) is 0 Å². The Balaban J connectivity index is 1.89. The maximum Gasteiger partial charge on any atom is 0.222 e. The van der Waals surface area contributed by atoms with Crippen molar-refractivity contribution in [3.05, 3.63) is 17.0 Å². The fourth-order valence-corrected chi connectivity index (χ4v) is 3.64. The monoisotopic (exact) mass is 335 g/mol. The molecule has 0 spiro atoms. The molecule has 0 saturated carbocycles. The second-order valence-corrected chi connectivity index (χ2v) is 7.68. The van der Waals surface area contributed by atoms with Gasteiger partial charge in [-0.3, -0.25) is 9.48 Å². The lowest BCUT2D eigenvalue weighted by molar-refractivity contribution is -0.133. The number of aliphatic hydroxyl groups excluding tert-OH is 1. The van der Waals surface area contributed by atoms with Gasteiger partial charge in [0.15, 0.2) is 0 Å². The van der Waals surface area contributed by atoms with Crippen LogP contribution in [0.5, 0.6) is 0 Å². The smallest absolute Gasteiger partial charge is 0.222 e. The van der Waals surface area contributed by atoms with Crippen molar-refractivity contribution >= 4 is 5.91 Å². The molecule has 5 heteroatoms. The summed E-state index contributed by atoms with van der Waals surface area (Å²) >= 11 is 0. The van der Waals surface area contributed by atoms with Crippen molar-refractivity contribution < 1.29 is 9.90 Å². The fourth-order valence-electron chi connectivity index (χ4n) is 3.64. The van der Waals surface area contributed by atoms with Gasteiger partial charge < -0.3 is 10.0 Å². The minimum absolute atomic E-state index is 0.231. The van der Waals surface area contributed by atoms with E-state index in [0.29, 0.717) is 18.3 Å². The molecule has 1 aromatic rings. The molecule has 1 N–H and O–H groups in total. The highest BCUT2D eigenvalue weighted by Gasteiger charge is 2.25. The van der Waals surface area contributed by atoms with Crippen LogP contribution in [0.1, 0.15) is 57.0 Å². The third kappa shape index (κ3) is 4.59. The van der Waals surface area contributed by atoms with E-state index in [0.717, 1.165) is 44.6 Å². The second-order valence-electron chi connectivity index (χ2n) is 7.68. The molecule has 1 unspecified atom stereocenters. The summed E-state index contributed by atoms with van der Waals surface area (Å²) in [6.45, 7) is 12.9. The van der Waals surface area contributed by atoms with Crippen molar-refractivity contribution in [1.29, 1.82) is 0 Å². The number of amides is 1. The number of piperidine rings is 1. The van der Waals surface area contributed by atoms with Crippen LogP contribution in [0, 0.1) is 25.7 Å². The maximum atomic E-state index is 12.5. The number of nitrogens with zero attached hydrogens (tertiary/aromatic N) is 3. The predicted molar refractivity (Wildman–Crippen MR) is 95.8 cm³/mol. The summed E-state index contributed by atoms with van der Waals surface area (Å²) in [6, 6.07) is 0. The molecule has 1 atom stereocenters. The number of hydrogen-bond acceptors (Lipinski definition) is 3. The van der Waals surface area contributed by atoms with Gasteiger partial charge >= 0.3 is 0 Å². The fraction of sp³-hybridized carbons (Fsp3) is 0.789. The van der Waals surface area contributed by atoms with Gasteiger partial charge in [-0.15, -0.1) is 0 Å². The SMILES string of the molecule is Cc1nn(CC(C)C)c(C)c1CCC(=O)N1CCC(C(C)O)CC1. The number of carbonyl (C=O) groups is 1. The number of aryl methyl sites for hydroxylation is 1. The first-order valence-corrected chi connectivity index (χ1v) is 9.28. The van der Waals surface area contributed by atoms with E-state index < -0.39 is 0 Å². The third-order valence-electron chi connectivity index (χ3n) is 5.23. The van der Waals surface area contributed by atoms with Crippen LogP contribution in [0.15, 0.2) is 0 Å². The lowest BCUT2D eigenvalue weighted by Gasteiger charge is -2.33. The zero-order valence-corrected chi connectivity index (χ0v) is 15.9. The van der Waals surface area contributed by atoms with Gasteiger partial charge in [-0.1, -0.05) is 13.8 Å². The lowest BCUT2D eigenvalue weighted by Crippen LogP contribution is -2.40. The van der Waals surface area contributed by atoms with E-state index in [1.54, 1.807) is 0 Å². The van der Waals surface area contributed by atoms with Gasteiger partial charge in [-0.25, -0.2) is 0 Å². The van der Waals surface area contributed by atoms with Crippen LogP contribution >= 0.6 is 0 Å². The Morgan fingerprint density at radius 2 is 1.88 bits per heavy atom. The molecular weight excluding hydrogens is 302 g/mol. The second kappa shape index (κ2) is 8.15. The third-order valence-corrected chi connectivity index (χ3v) is 5.23. The summed E-state index contributed by atoms with van der Waals surface area (Å²) in [5, 5.41) is 14.3. The molecule has 1 fully saturated rings. The van der Waals surface area contributed by atoms with Gasteiger partial charge in [0.25, 0.3) is 0 Å². The van der Waals surface area contributed by atoms with Crippen molar-refractivity contribution in [1.82, 2.24) is 14.7 Å². The molecular formula is C19H33N3O2. The summed E-state index contributed by atoms with van der Waals surface area (Å²) in [4.78, 5) is 14.5. The molecule has 1 aliphatic rings. The molecule has 0 aliphatic carbocycles. The first kappa shape index (κ1) is 19.0. The first-order valence-electron chi connectivity index (χ1n) is 9.28. The van der Waals surface area contributed by atoms with Crippen LogP contribution < -0.4 is 0 Å². The summed E-state index contributed by atoms with van der Waals surface area (Å²) in [5.74, 6) is 1.13. The average molecular weight is 335 g/mol. The summed E-state index contributed by atoms with van der Waals surface area (Å²) < 4.78 is 2.08. The number of aromatic nitrogens is 2. The Bertz CT molecular complexity index is 555. The largest absolute Gasteiger partial charge is 0.393 e. The van der Waals surface area contributed by atoms with E-state index in [2.05, 4.69) is 30.6 Å². The minimum Gasteiger partial charge on any atom is -0.393 e. The van der Waals surface area contributed by atoms with Crippen molar-refractivity contribution in [3.63, 3.8) is 0 Å². The summed E-state index contributed by atoms with van der Waals surface area (Å²) in [5.41, 5.74) is 3.47. The molecule has 5 nitrogen and oxygen atoms in total. The number of hydrogen-bond donors (Lipinski definition) is 1. The molecule has 0 radical (unpaired) electrons. The standard InChI is InChI=1S/C19H33N3O2/c1-13(2)12-22-15(4)18(14(3)20-22)6-7-19(24)21-10-8-17(9-11-21)16(5)23/h13,16-17,23H,6-12H2,1-5H3. The molecule has 2 heterocycles. The number of aliphatic hydroxyl groups is 1. The molecule has 1 aliphatic heterocycles. The normalized spacial score (nSPS) is 17.5. The molecule has 1 aromatic heterocycles. The lowest BCUT2D eigenvalue weighted by atomic mass is 9.92. The van der Waals surface area contributed by atoms with Crippen LogP contribution in [0.2, 0.25) is 0 Å². The van der Waals surface area contributed by atoms with Crippen LogP contribution in [-0.2, 0) is 17.8 Å². The Kier molecular flexibility index (Phi) is 6.44. The number of rotatable bonds is 6. The summed E-state index contributed by atoms with van der Waals surface area (Å²) in [7, 11) is 0. The molecule has 1 saturated heterocycles. The van der Waals surface area contributed by atoms with Crippen LogP contribution in [-0.4, -0.2) is 44.9 Å². The number of likely N-dealkylation sites (tertiary alicyclic amines) is 1. The van der Waals surface area contributed by atoms with Gasteiger partial charge in [0, 0.05) is 31.7 Å². The van der Waals surface area contributed by atoms with Crippen molar-refractivity contribution in [2.45, 2.75) is 73.0 Å². The topological polar surface area (TPSA) is 58.4 Å². The summed E-state index contributed by atoms with van der Waals surface area (Å²) in [6.07, 6.45) is 2.88. The maximum absolute atomic E-state index is 12.5. The van der Waals surface area contributed by atoms with Gasteiger partial charge in [-0.2, -0.15) is 5.10 Å². The Hall–Kier alpha value is -1.36. The molecule has 1 amide bonds. The van der Waals surface area contributed by atoms with E-state index >= 15 is 0 Å². The van der Waals surface area contributed by atoms with E-state index in [-0.39, 0.29) is 12.0 Å². The molecule has 2 rings (SSSR count). The van der Waals surface area contributed by atoms with Crippen molar-refractivity contribution in [2.75, 3.05) is 13.1 Å². The van der Waals surface area contributed by atoms with Crippen LogP contribution in [0.4, 0.5) is 0 Å². The van der Waals surface area contributed by atoms with Gasteiger partial charge in [-0.05, 0) is 57.4 Å². The predicted octanol–water partition coefficient (Wildman–Crippen LogP) is 2.71. The number of carbonyl (C=O) groups excluding carboxylic acids is 1. The zero-order valence-electron chi connectivity index (χ0n) is 15.9. The van der Waals surface area contributed by atoms with Crippen molar-refractivity contribution in [2.24, 2.45) is 11.8 Å². The molecule has 0 aromatic carbocycles. The van der Waals surface area contributed by atoms with Crippen LogP contribution in [0.25, 0.3) is 0 Å². The molecule has 24 heavy (non-hydrogen) atoms. The van der Waals surface area contributed by atoms with Gasteiger partial charge in [0.2, 0.25) is 5.91 Å². The Morgan fingerprint density at radius 3 is 2.42 bits per heavy atom. The average Bonchev–Trinajstić information content (AvgIpc) is 2.78. The Labute approximate surface area is 146 Å². The quantitative estimate of drug-likeness (QED) is 0.869. The van der Waals surface area contributed by atoms with E-state index in [1.165, 1.54) is 11.3 Å². The highest BCUT2D eigenvalue weighted by molar-refractivity contribution is 5.76. The van der Waals surface area contributed by atoms with Gasteiger partial charge in [0.05, 0.1) is 11.8 Å². The van der Waals surface area contributed by atoms with E-state index in [9.17, 15) is 9.90 Å². The highest BCUT2D eigenvalue weighted by Crippen LogP contribution is 2.22. The van der Waals surface area contributed by atoms with Gasteiger partial charge in [0.1, 0.15) is 0 Å². The van der Waals surface area contributed by atoms with E-state index in [1.807, 2.05) is 18.7 Å². The molecule has 136 valence electrons. The van der Waals surface area contributed by atoms with E-state index in [4.69, 9.17) is 0 Å². The molecule has 0 bridgehead atoms. The Morgan fingerprint density at radius 1 is 1.25 bits per heavy atom. The highest BCUT2D eigenvalue weighted by atomic mass is 16.3. The van der Waals surface area contributed by atoms with Crippen molar-refractivity contribution in [3.8, 4) is 0 Å². The first-order chi connectivity index (χ1) is 11.3. The minimum atomic E-state index is -0.264.